The Morgan fingerprint density at radius 1 is 1.10 bits per heavy atom. The van der Waals surface area contributed by atoms with Gasteiger partial charge in [-0.1, -0.05) is 38.1 Å². The number of amides is 1. The first-order valence-electron chi connectivity index (χ1n) is 10.4. The third kappa shape index (κ3) is 5.09. The van der Waals surface area contributed by atoms with E-state index in [1.54, 1.807) is 6.20 Å². The van der Waals surface area contributed by atoms with Crippen LogP contribution < -0.4 is 10.1 Å². The minimum atomic E-state index is -0.167. The van der Waals surface area contributed by atoms with Crippen LogP contribution in [0.5, 0.6) is 5.75 Å². The average Bonchev–Trinajstić information content (AvgIpc) is 3.26. The summed E-state index contributed by atoms with van der Waals surface area (Å²) >= 11 is 0. The molecule has 1 atom stereocenters. The van der Waals surface area contributed by atoms with Crippen LogP contribution >= 0.6 is 0 Å². The van der Waals surface area contributed by atoms with Gasteiger partial charge < -0.3 is 14.5 Å². The summed E-state index contributed by atoms with van der Waals surface area (Å²) in [5, 5.41) is 2.88. The molecule has 2 heterocycles. The molecule has 2 aromatic carbocycles. The van der Waals surface area contributed by atoms with Gasteiger partial charge in [0.1, 0.15) is 5.75 Å². The summed E-state index contributed by atoms with van der Waals surface area (Å²) in [5.41, 5.74) is 4.35. The fourth-order valence-electron chi connectivity index (χ4n) is 3.19. The van der Waals surface area contributed by atoms with Crippen molar-refractivity contribution in [1.82, 2.24) is 15.3 Å². The van der Waals surface area contributed by atoms with Crippen LogP contribution in [0.4, 0.5) is 0 Å². The predicted molar refractivity (Wildman–Crippen MR) is 120 cm³/mol. The Kier molecular flexibility index (Phi) is 6.26. The van der Waals surface area contributed by atoms with Crippen LogP contribution in [0.3, 0.4) is 0 Å². The van der Waals surface area contributed by atoms with Gasteiger partial charge in [-0.25, -0.2) is 4.98 Å². The van der Waals surface area contributed by atoms with Crippen LogP contribution in [0.2, 0.25) is 0 Å². The first-order valence-corrected chi connectivity index (χ1v) is 10.4. The van der Waals surface area contributed by atoms with Crippen molar-refractivity contribution in [3.05, 3.63) is 78.0 Å². The third-order valence-corrected chi connectivity index (χ3v) is 5.29. The number of hydrogen-bond donors (Lipinski definition) is 1. The van der Waals surface area contributed by atoms with E-state index in [1.807, 2.05) is 48.5 Å². The van der Waals surface area contributed by atoms with Crippen LogP contribution in [0.1, 0.15) is 37.3 Å². The number of carbonyl (C=O) groups excluding carboxylic acids is 1. The maximum atomic E-state index is 12.1. The zero-order chi connectivity index (χ0) is 21.6. The summed E-state index contributed by atoms with van der Waals surface area (Å²) in [6.45, 7) is 4.77. The van der Waals surface area contributed by atoms with Gasteiger partial charge in [-0.2, -0.15) is 4.98 Å². The number of rotatable bonds is 8. The Balaban J connectivity index is 1.27. The lowest BCUT2D eigenvalue weighted by Crippen LogP contribution is -2.28. The maximum absolute atomic E-state index is 12.1. The number of carbonyl (C=O) groups is 1. The topological polar surface area (TPSA) is 77.2 Å². The fraction of sp³-hybridized carbons (Fsp3) is 0.240. The molecule has 0 saturated carbocycles. The molecule has 0 aliphatic carbocycles. The third-order valence-electron chi connectivity index (χ3n) is 5.29. The molecule has 0 bridgehead atoms. The molecule has 0 radical (unpaired) electrons. The van der Waals surface area contributed by atoms with Crippen LogP contribution in [0, 0.1) is 0 Å². The molecule has 31 heavy (non-hydrogen) atoms. The van der Waals surface area contributed by atoms with E-state index in [2.05, 4.69) is 41.3 Å². The molecule has 1 unspecified atom stereocenters. The zero-order valence-corrected chi connectivity index (χ0v) is 17.7. The van der Waals surface area contributed by atoms with Crippen LogP contribution in [0.25, 0.3) is 22.7 Å². The molecule has 4 rings (SSSR count). The molecule has 1 N–H and O–H groups in total. The Labute approximate surface area is 181 Å². The summed E-state index contributed by atoms with van der Waals surface area (Å²) < 4.78 is 11.3. The van der Waals surface area contributed by atoms with Crippen molar-refractivity contribution in [3.63, 3.8) is 0 Å². The van der Waals surface area contributed by atoms with E-state index in [-0.39, 0.29) is 12.5 Å². The second kappa shape index (κ2) is 9.43. The Bertz CT molecular complexity index is 1120. The standard InChI is InChI=1S/C25H25N3O3/c1-3-17(2)19-10-12-21(13-11-19)30-16-23(29)27-15-18-6-8-20(9-7-18)25-28-24-22(31-25)5-4-14-26-24/h4-14,17H,3,15-16H2,1-2H3,(H,27,29). The van der Waals surface area contributed by atoms with Gasteiger partial charge in [-0.05, 0) is 59.9 Å². The molecule has 158 valence electrons. The van der Waals surface area contributed by atoms with Crippen molar-refractivity contribution in [3.8, 4) is 17.2 Å². The number of oxazole rings is 1. The number of pyridine rings is 1. The van der Waals surface area contributed by atoms with Gasteiger partial charge in [0.25, 0.3) is 5.91 Å². The lowest BCUT2D eigenvalue weighted by atomic mass is 9.99. The normalized spacial score (nSPS) is 11.9. The Morgan fingerprint density at radius 2 is 1.87 bits per heavy atom. The molecule has 4 aromatic rings. The van der Waals surface area contributed by atoms with E-state index in [9.17, 15) is 4.79 Å². The van der Waals surface area contributed by atoms with Gasteiger partial charge in [-0.3, -0.25) is 4.79 Å². The van der Waals surface area contributed by atoms with E-state index < -0.39 is 0 Å². The van der Waals surface area contributed by atoms with Crippen molar-refractivity contribution in [2.75, 3.05) is 6.61 Å². The van der Waals surface area contributed by atoms with Gasteiger partial charge in [0, 0.05) is 18.3 Å². The molecule has 0 aliphatic heterocycles. The van der Waals surface area contributed by atoms with E-state index in [4.69, 9.17) is 9.15 Å². The number of benzene rings is 2. The van der Waals surface area contributed by atoms with Gasteiger partial charge in [0.2, 0.25) is 5.89 Å². The minimum Gasteiger partial charge on any atom is -0.484 e. The van der Waals surface area contributed by atoms with Crippen molar-refractivity contribution in [2.24, 2.45) is 0 Å². The highest BCUT2D eigenvalue weighted by Gasteiger charge is 2.09. The highest BCUT2D eigenvalue weighted by molar-refractivity contribution is 5.77. The number of fused-ring (bicyclic) bond motifs is 1. The van der Waals surface area contributed by atoms with Crippen molar-refractivity contribution >= 4 is 17.1 Å². The maximum Gasteiger partial charge on any atom is 0.258 e. The number of nitrogens with one attached hydrogen (secondary N) is 1. The molecule has 0 saturated heterocycles. The van der Waals surface area contributed by atoms with Gasteiger partial charge in [0.05, 0.1) is 0 Å². The van der Waals surface area contributed by atoms with Crippen molar-refractivity contribution < 1.29 is 13.9 Å². The molecule has 0 spiro atoms. The first-order chi connectivity index (χ1) is 15.1. The number of ether oxygens (including phenoxy) is 1. The van der Waals surface area contributed by atoms with Crippen molar-refractivity contribution in [1.29, 1.82) is 0 Å². The van der Waals surface area contributed by atoms with E-state index in [0.29, 0.717) is 35.3 Å². The van der Waals surface area contributed by atoms with E-state index in [1.165, 1.54) is 5.56 Å². The van der Waals surface area contributed by atoms with Crippen LogP contribution in [-0.2, 0) is 11.3 Å². The minimum absolute atomic E-state index is 0.0172. The summed E-state index contributed by atoms with van der Waals surface area (Å²) in [6, 6.07) is 19.3. The lowest BCUT2D eigenvalue weighted by molar-refractivity contribution is -0.123. The monoisotopic (exact) mass is 415 g/mol. The summed E-state index contributed by atoms with van der Waals surface area (Å²) in [6.07, 6.45) is 2.78. The lowest BCUT2D eigenvalue weighted by Gasteiger charge is -2.11. The number of nitrogens with zero attached hydrogens (tertiary/aromatic N) is 2. The summed E-state index contributed by atoms with van der Waals surface area (Å²) in [5.74, 6) is 1.57. The second-order valence-corrected chi connectivity index (χ2v) is 7.48. The van der Waals surface area contributed by atoms with E-state index in [0.717, 1.165) is 17.5 Å². The second-order valence-electron chi connectivity index (χ2n) is 7.48. The molecular formula is C25H25N3O3. The Morgan fingerprint density at radius 3 is 2.58 bits per heavy atom. The first kappa shape index (κ1) is 20.6. The largest absolute Gasteiger partial charge is 0.484 e. The van der Waals surface area contributed by atoms with Gasteiger partial charge >= 0.3 is 0 Å². The number of hydrogen-bond acceptors (Lipinski definition) is 5. The zero-order valence-electron chi connectivity index (χ0n) is 17.7. The van der Waals surface area contributed by atoms with Crippen LogP contribution in [0.15, 0.2) is 71.3 Å². The molecule has 0 aliphatic rings. The predicted octanol–water partition coefficient (Wildman–Crippen LogP) is 5.10. The summed E-state index contributed by atoms with van der Waals surface area (Å²) in [4.78, 5) is 20.7. The molecule has 1 amide bonds. The van der Waals surface area contributed by atoms with Crippen molar-refractivity contribution in [2.45, 2.75) is 32.7 Å². The molecule has 6 heteroatoms. The van der Waals surface area contributed by atoms with E-state index >= 15 is 0 Å². The van der Waals surface area contributed by atoms with Gasteiger partial charge in [0.15, 0.2) is 17.8 Å². The average molecular weight is 415 g/mol. The van der Waals surface area contributed by atoms with Gasteiger partial charge in [-0.15, -0.1) is 0 Å². The Hall–Kier alpha value is -3.67. The van der Waals surface area contributed by atoms with Crippen LogP contribution in [-0.4, -0.2) is 22.5 Å². The number of aromatic nitrogens is 2. The highest BCUT2D eigenvalue weighted by atomic mass is 16.5. The molecular weight excluding hydrogens is 390 g/mol. The fourth-order valence-corrected chi connectivity index (χ4v) is 3.19. The molecule has 0 fully saturated rings. The highest BCUT2D eigenvalue weighted by Crippen LogP contribution is 2.23. The smallest absolute Gasteiger partial charge is 0.258 e. The molecule has 6 nitrogen and oxygen atoms in total. The summed E-state index contributed by atoms with van der Waals surface area (Å²) in [7, 11) is 0. The SMILES string of the molecule is CCC(C)c1ccc(OCC(=O)NCc2ccc(-c3nc4ncccc4o3)cc2)cc1. The molecule has 2 aromatic heterocycles. The quantitative estimate of drug-likeness (QED) is 0.433.